The van der Waals surface area contributed by atoms with Gasteiger partial charge in [0.1, 0.15) is 0 Å². The van der Waals surface area contributed by atoms with Gasteiger partial charge in [0.2, 0.25) is 11.8 Å². The molecule has 0 unspecified atom stereocenters. The van der Waals surface area contributed by atoms with E-state index in [0.29, 0.717) is 26.4 Å². The topological polar surface area (TPSA) is 49.4 Å². The maximum Gasteiger partial charge on any atom is 0.226 e. The third-order valence-corrected chi connectivity index (χ3v) is 4.46. The Labute approximate surface area is 161 Å². The maximum absolute atomic E-state index is 12.2. The summed E-state index contributed by atoms with van der Waals surface area (Å²) < 4.78 is 0. The van der Waals surface area contributed by atoms with Crippen LogP contribution in [0.3, 0.4) is 0 Å². The zero-order valence-electron chi connectivity index (χ0n) is 13.8. The van der Waals surface area contributed by atoms with Crippen molar-refractivity contribution in [3.8, 4) is 0 Å². The first kappa shape index (κ1) is 19.6. The molecule has 132 valence electrons. The summed E-state index contributed by atoms with van der Waals surface area (Å²) in [5, 5.41) is 4.16. The van der Waals surface area contributed by atoms with Crippen molar-refractivity contribution in [3.63, 3.8) is 0 Å². The lowest BCUT2D eigenvalue weighted by atomic mass is 10.1. The molecule has 0 aliphatic heterocycles. The van der Waals surface area contributed by atoms with Crippen LogP contribution in [0, 0.1) is 6.92 Å². The van der Waals surface area contributed by atoms with E-state index in [2.05, 4.69) is 5.32 Å². The first-order valence-corrected chi connectivity index (χ1v) is 8.70. The normalized spacial score (nSPS) is 10.4. The van der Waals surface area contributed by atoms with Crippen molar-refractivity contribution in [2.45, 2.75) is 20.3 Å². The van der Waals surface area contributed by atoms with Gasteiger partial charge >= 0.3 is 0 Å². The summed E-state index contributed by atoms with van der Waals surface area (Å²) in [7, 11) is 0. The number of benzene rings is 2. The molecular weight excluding hydrogens is 383 g/mol. The number of amides is 2. The quantitative estimate of drug-likeness (QED) is 0.738. The second kappa shape index (κ2) is 8.56. The molecule has 7 heteroatoms. The largest absolute Gasteiger partial charge is 0.326 e. The Morgan fingerprint density at radius 1 is 1.08 bits per heavy atom. The van der Waals surface area contributed by atoms with Crippen molar-refractivity contribution in [2.24, 2.45) is 0 Å². The van der Waals surface area contributed by atoms with Gasteiger partial charge in [-0.05, 0) is 42.8 Å². The molecule has 0 saturated heterocycles. The van der Waals surface area contributed by atoms with E-state index in [-0.39, 0.29) is 24.8 Å². The van der Waals surface area contributed by atoms with Gasteiger partial charge in [-0.3, -0.25) is 9.59 Å². The number of hydrogen-bond donors (Lipinski definition) is 1. The Morgan fingerprint density at radius 3 is 2.32 bits per heavy atom. The van der Waals surface area contributed by atoms with Crippen LogP contribution >= 0.6 is 34.8 Å². The van der Waals surface area contributed by atoms with Gasteiger partial charge in [0.25, 0.3) is 0 Å². The Morgan fingerprint density at radius 2 is 1.72 bits per heavy atom. The molecule has 25 heavy (non-hydrogen) atoms. The predicted octanol–water partition coefficient (Wildman–Crippen LogP) is 5.34. The van der Waals surface area contributed by atoms with Gasteiger partial charge < -0.3 is 10.2 Å². The molecule has 0 aliphatic rings. The molecule has 0 spiro atoms. The summed E-state index contributed by atoms with van der Waals surface area (Å²) in [6.07, 6.45) is 0.121. The number of halogens is 3. The summed E-state index contributed by atoms with van der Waals surface area (Å²) in [4.78, 5) is 25.7. The van der Waals surface area contributed by atoms with Crippen LogP contribution in [0.5, 0.6) is 0 Å². The highest BCUT2D eigenvalue weighted by Crippen LogP contribution is 2.27. The van der Waals surface area contributed by atoms with E-state index in [1.165, 1.54) is 11.8 Å². The van der Waals surface area contributed by atoms with Crippen LogP contribution in [-0.2, 0) is 9.59 Å². The number of nitrogens with one attached hydrogen (secondary N) is 1. The van der Waals surface area contributed by atoms with Crippen molar-refractivity contribution in [1.29, 1.82) is 0 Å². The van der Waals surface area contributed by atoms with Gasteiger partial charge in [-0.1, -0.05) is 40.9 Å². The van der Waals surface area contributed by atoms with Crippen LogP contribution in [-0.4, -0.2) is 18.4 Å². The molecule has 0 aromatic heterocycles. The Kier molecular flexibility index (Phi) is 6.71. The highest BCUT2D eigenvalue weighted by atomic mass is 35.5. The number of carbonyl (C=O) groups is 2. The molecule has 2 amide bonds. The van der Waals surface area contributed by atoms with Crippen molar-refractivity contribution >= 4 is 58.0 Å². The van der Waals surface area contributed by atoms with E-state index >= 15 is 0 Å². The van der Waals surface area contributed by atoms with E-state index in [9.17, 15) is 9.59 Å². The molecular formula is C18H17Cl3N2O2. The fraction of sp³-hybridized carbons (Fsp3) is 0.222. The fourth-order valence-electron chi connectivity index (χ4n) is 2.40. The molecule has 2 rings (SSSR count). The van der Waals surface area contributed by atoms with Crippen LogP contribution < -0.4 is 10.2 Å². The van der Waals surface area contributed by atoms with Crippen LogP contribution in [0.15, 0.2) is 36.4 Å². The maximum atomic E-state index is 12.2. The minimum Gasteiger partial charge on any atom is -0.326 e. The first-order valence-electron chi connectivity index (χ1n) is 7.57. The molecule has 0 aliphatic carbocycles. The monoisotopic (exact) mass is 398 g/mol. The summed E-state index contributed by atoms with van der Waals surface area (Å²) in [6, 6.07) is 10.1. The van der Waals surface area contributed by atoms with Crippen LogP contribution in [0.1, 0.15) is 18.9 Å². The van der Waals surface area contributed by atoms with Gasteiger partial charge in [-0.15, -0.1) is 0 Å². The highest BCUT2D eigenvalue weighted by molar-refractivity contribution is 6.35. The molecule has 0 fully saturated rings. The lowest BCUT2D eigenvalue weighted by molar-refractivity contribution is -0.117. The van der Waals surface area contributed by atoms with Crippen molar-refractivity contribution < 1.29 is 9.59 Å². The molecule has 4 nitrogen and oxygen atoms in total. The Balaban J connectivity index is 2.07. The summed E-state index contributed by atoms with van der Waals surface area (Å²) in [6.45, 7) is 3.52. The van der Waals surface area contributed by atoms with E-state index in [4.69, 9.17) is 34.8 Å². The fourth-order valence-corrected chi connectivity index (χ4v) is 3.09. The summed E-state index contributed by atoms with van der Waals surface area (Å²) in [5.74, 6) is -0.409. The summed E-state index contributed by atoms with van der Waals surface area (Å²) in [5.41, 5.74) is 2.00. The number of hydrogen-bond acceptors (Lipinski definition) is 2. The SMILES string of the molecule is CC(=O)N(CCC(=O)Nc1cc(Cl)cc(Cl)c1)c1cccc(Cl)c1C. The molecule has 1 N–H and O–H groups in total. The van der Waals surface area contributed by atoms with E-state index in [0.717, 1.165) is 5.56 Å². The average Bonchev–Trinajstić information content (AvgIpc) is 2.50. The van der Waals surface area contributed by atoms with Crippen LogP contribution in [0.4, 0.5) is 11.4 Å². The molecule has 0 heterocycles. The minimum absolute atomic E-state index is 0.121. The third-order valence-electron chi connectivity index (χ3n) is 3.62. The van der Waals surface area contributed by atoms with Crippen molar-refractivity contribution in [2.75, 3.05) is 16.8 Å². The molecule has 2 aromatic rings. The Hall–Kier alpha value is -1.75. The number of carbonyl (C=O) groups excluding carboxylic acids is 2. The average molecular weight is 400 g/mol. The zero-order valence-corrected chi connectivity index (χ0v) is 16.0. The van der Waals surface area contributed by atoms with Crippen molar-refractivity contribution in [3.05, 3.63) is 57.0 Å². The van der Waals surface area contributed by atoms with Crippen LogP contribution in [0.25, 0.3) is 0 Å². The van der Waals surface area contributed by atoms with Crippen LogP contribution in [0.2, 0.25) is 15.1 Å². The van der Waals surface area contributed by atoms with Gasteiger partial charge in [0.05, 0.1) is 0 Å². The second-order valence-corrected chi connectivity index (χ2v) is 6.79. The van der Waals surface area contributed by atoms with Gasteiger partial charge in [0, 0.05) is 46.3 Å². The second-order valence-electron chi connectivity index (χ2n) is 5.51. The molecule has 0 bridgehead atoms. The standard InChI is InChI=1S/C18H17Cl3N2O2/c1-11-16(21)4-3-5-17(11)23(12(2)24)7-6-18(25)22-15-9-13(19)8-14(20)10-15/h3-5,8-10H,6-7H2,1-2H3,(H,22,25). The van der Waals surface area contributed by atoms with Gasteiger partial charge in [-0.2, -0.15) is 0 Å². The Bertz CT molecular complexity index is 789. The molecule has 2 aromatic carbocycles. The minimum atomic E-state index is -0.246. The molecule has 0 saturated carbocycles. The van der Waals surface area contributed by atoms with Gasteiger partial charge in [-0.25, -0.2) is 0 Å². The molecule has 0 atom stereocenters. The number of anilines is 2. The first-order chi connectivity index (χ1) is 11.8. The zero-order chi connectivity index (χ0) is 18.6. The lowest BCUT2D eigenvalue weighted by Gasteiger charge is -2.23. The highest BCUT2D eigenvalue weighted by Gasteiger charge is 2.16. The van der Waals surface area contributed by atoms with Gasteiger partial charge in [0.15, 0.2) is 0 Å². The summed E-state index contributed by atoms with van der Waals surface area (Å²) >= 11 is 17.9. The third kappa shape index (κ3) is 5.36. The predicted molar refractivity (Wildman–Crippen MR) is 104 cm³/mol. The number of rotatable bonds is 5. The van der Waals surface area contributed by atoms with Crippen molar-refractivity contribution in [1.82, 2.24) is 0 Å². The van der Waals surface area contributed by atoms with E-state index in [1.54, 1.807) is 36.4 Å². The lowest BCUT2D eigenvalue weighted by Crippen LogP contribution is -2.32. The number of nitrogens with zero attached hydrogens (tertiary/aromatic N) is 1. The van der Waals surface area contributed by atoms with E-state index < -0.39 is 0 Å². The van der Waals surface area contributed by atoms with E-state index in [1.807, 2.05) is 6.92 Å². The smallest absolute Gasteiger partial charge is 0.226 e. The molecule has 0 radical (unpaired) electrons.